The number of nitrogens with one attached hydrogen (secondary N) is 2. The number of para-hydroxylation sites is 2. The Balaban J connectivity index is 1.48. The maximum Gasteiger partial charge on any atom is 0.0464 e. The van der Waals surface area contributed by atoms with Crippen LogP contribution in [0.25, 0.3) is 55.1 Å². The van der Waals surface area contributed by atoms with E-state index in [1.807, 2.05) is 0 Å². The molecule has 0 bridgehead atoms. The normalized spacial score (nSPS) is 11.6. The first-order valence-corrected chi connectivity index (χ1v) is 9.54. The lowest BCUT2D eigenvalue weighted by Gasteiger charge is -2.05. The van der Waals surface area contributed by atoms with Gasteiger partial charge in [-0.2, -0.15) is 0 Å². The van der Waals surface area contributed by atoms with Crippen molar-refractivity contribution in [3.63, 3.8) is 0 Å². The van der Waals surface area contributed by atoms with Gasteiger partial charge in [0.15, 0.2) is 0 Å². The van der Waals surface area contributed by atoms with Crippen molar-refractivity contribution >= 4 is 32.6 Å². The number of aromatic amines is 2. The van der Waals surface area contributed by atoms with E-state index in [4.69, 9.17) is 0 Å². The fraction of sp³-hybridized carbons (Fsp3) is 0. The SMILES string of the molecule is c1ccc2[nH]c(-c3ccc4ccc(-c5cc6ccccc6[nH]5)cc4c3)cc2c1. The molecular formula is C26H18N2. The largest absolute Gasteiger partial charge is 0.355 e. The Labute approximate surface area is 162 Å². The van der Waals surface area contributed by atoms with Crippen LogP contribution in [0.3, 0.4) is 0 Å². The molecule has 0 amide bonds. The topological polar surface area (TPSA) is 31.6 Å². The predicted octanol–water partition coefficient (Wildman–Crippen LogP) is 7.14. The lowest BCUT2D eigenvalue weighted by molar-refractivity contribution is 1.45. The van der Waals surface area contributed by atoms with Crippen LogP contribution in [0.5, 0.6) is 0 Å². The summed E-state index contributed by atoms with van der Waals surface area (Å²) in [7, 11) is 0. The lowest BCUT2D eigenvalue weighted by Crippen LogP contribution is -1.82. The highest BCUT2D eigenvalue weighted by Crippen LogP contribution is 2.30. The van der Waals surface area contributed by atoms with Crippen molar-refractivity contribution in [2.75, 3.05) is 0 Å². The monoisotopic (exact) mass is 358 g/mol. The van der Waals surface area contributed by atoms with Crippen molar-refractivity contribution in [1.29, 1.82) is 0 Å². The number of rotatable bonds is 2. The first-order valence-electron chi connectivity index (χ1n) is 9.54. The quantitative estimate of drug-likeness (QED) is 0.330. The maximum atomic E-state index is 3.53. The van der Waals surface area contributed by atoms with Crippen molar-refractivity contribution < 1.29 is 0 Å². The molecule has 0 saturated carbocycles. The van der Waals surface area contributed by atoms with E-state index in [2.05, 4.69) is 107 Å². The molecule has 0 fully saturated rings. The van der Waals surface area contributed by atoms with E-state index in [1.165, 1.54) is 43.7 Å². The zero-order valence-corrected chi connectivity index (χ0v) is 15.2. The van der Waals surface area contributed by atoms with Crippen molar-refractivity contribution in [1.82, 2.24) is 9.97 Å². The van der Waals surface area contributed by atoms with E-state index in [1.54, 1.807) is 0 Å². The van der Waals surface area contributed by atoms with Gasteiger partial charge in [0.2, 0.25) is 0 Å². The lowest BCUT2D eigenvalue weighted by atomic mass is 10.0. The second-order valence-electron chi connectivity index (χ2n) is 7.32. The first kappa shape index (κ1) is 15.3. The van der Waals surface area contributed by atoms with E-state index in [-0.39, 0.29) is 0 Å². The molecule has 2 heteroatoms. The Hall–Kier alpha value is -3.78. The van der Waals surface area contributed by atoms with Gasteiger partial charge < -0.3 is 9.97 Å². The molecule has 0 aliphatic rings. The number of hydrogen-bond donors (Lipinski definition) is 2. The summed E-state index contributed by atoms with van der Waals surface area (Å²) >= 11 is 0. The summed E-state index contributed by atoms with van der Waals surface area (Å²) in [6.45, 7) is 0. The van der Waals surface area contributed by atoms with Crippen LogP contribution in [0.4, 0.5) is 0 Å². The van der Waals surface area contributed by atoms with E-state index in [0.29, 0.717) is 0 Å². The van der Waals surface area contributed by atoms with E-state index < -0.39 is 0 Å². The Kier molecular flexibility index (Phi) is 3.20. The Morgan fingerprint density at radius 3 is 1.39 bits per heavy atom. The number of aromatic nitrogens is 2. The number of hydrogen-bond acceptors (Lipinski definition) is 0. The molecule has 2 nitrogen and oxygen atoms in total. The van der Waals surface area contributed by atoms with Crippen LogP contribution >= 0.6 is 0 Å². The zero-order chi connectivity index (χ0) is 18.5. The summed E-state index contributed by atoms with van der Waals surface area (Å²) in [6, 6.07) is 34.6. The van der Waals surface area contributed by atoms with Gasteiger partial charge in [-0.3, -0.25) is 0 Å². The molecule has 0 aliphatic carbocycles. The van der Waals surface area contributed by atoms with Gasteiger partial charge >= 0.3 is 0 Å². The molecule has 4 aromatic carbocycles. The Morgan fingerprint density at radius 2 is 0.893 bits per heavy atom. The number of H-pyrrole nitrogens is 2. The van der Waals surface area contributed by atoms with Gasteiger partial charge in [0.1, 0.15) is 0 Å². The van der Waals surface area contributed by atoms with Crippen LogP contribution in [-0.4, -0.2) is 9.97 Å². The van der Waals surface area contributed by atoms with Crippen LogP contribution < -0.4 is 0 Å². The van der Waals surface area contributed by atoms with E-state index in [9.17, 15) is 0 Å². The summed E-state index contributed by atoms with van der Waals surface area (Å²) in [6.07, 6.45) is 0. The molecule has 0 atom stereocenters. The average molecular weight is 358 g/mol. The molecule has 6 aromatic rings. The highest BCUT2D eigenvalue weighted by molar-refractivity contribution is 5.94. The van der Waals surface area contributed by atoms with Gasteiger partial charge in [0, 0.05) is 33.2 Å². The highest BCUT2D eigenvalue weighted by Gasteiger charge is 2.07. The minimum atomic E-state index is 1.15. The summed E-state index contributed by atoms with van der Waals surface area (Å²) in [5.41, 5.74) is 7.06. The maximum absolute atomic E-state index is 3.53. The zero-order valence-electron chi connectivity index (χ0n) is 15.2. The average Bonchev–Trinajstić information content (AvgIpc) is 3.37. The molecule has 28 heavy (non-hydrogen) atoms. The number of fused-ring (bicyclic) bond motifs is 3. The van der Waals surface area contributed by atoms with Crippen LogP contribution in [0, 0.1) is 0 Å². The van der Waals surface area contributed by atoms with Crippen molar-refractivity contribution in [3.8, 4) is 22.5 Å². The van der Waals surface area contributed by atoms with E-state index in [0.717, 1.165) is 11.4 Å². The molecule has 0 radical (unpaired) electrons. The van der Waals surface area contributed by atoms with Crippen LogP contribution in [0.2, 0.25) is 0 Å². The van der Waals surface area contributed by atoms with Crippen molar-refractivity contribution in [3.05, 3.63) is 97.1 Å². The summed E-state index contributed by atoms with van der Waals surface area (Å²) in [5.74, 6) is 0. The van der Waals surface area contributed by atoms with E-state index >= 15 is 0 Å². The smallest absolute Gasteiger partial charge is 0.0464 e. The second kappa shape index (κ2) is 5.86. The van der Waals surface area contributed by atoms with Gasteiger partial charge in [-0.25, -0.2) is 0 Å². The summed E-state index contributed by atoms with van der Waals surface area (Å²) in [4.78, 5) is 7.07. The van der Waals surface area contributed by atoms with Crippen LogP contribution in [0.15, 0.2) is 97.1 Å². The van der Waals surface area contributed by atoms with Crippen LogP contribution in [0.1, 0.15) is 0 Å². The van der Waals surface area contributed by atoms with Crippen molar-refractivity contribution in [2.45, 2.75) is 0 Å². The molecule has 2 heterocycles. The molecule has 2 aromatic heterocycles. The fourth-order valence-electron chi connectivity index (χ4n) is 4.04. The second-order valence-corrected chi connectivity index (χ2v) is 7.32. The number of benzene rings is 4. The van der Waals surface area contributed by atoms with Gasteiger partial charge in [-0.15, -0.1) is 0 Å². The predicted molar refractivity (Wildman–Crippen MR) is 119 cm³/mol. The molecule has 0 unspecified atom stereocenters. The minimum Gasteiger partial charge on any atom is -0.355 e. The molecule has 2 N–H and O–H groups in total. The molecule has 0 spiro atoms. The fourth-order valence-corrected chi connectivity index (χ4v) is 4.04. The molecule has 0 aliphatic heterocycles. The van der Waals surface area contributed by atoms with Crippen LogP contribution in [-0.2, 0) is 0 Å². The minimum absolute atomic E-state index is 1.15. The molecular weight excluding hydrogens is 340 g/mol. The van der Waals surface area contributed by atoms with Gasteiger partial charge in [0.25, 0.3) is 0 Å². The summed E-state index contributed by atoms with van der Waals surface area (Å²) < 4.78 is 0. The third kappa shape index (κ3) is 2.43. The molecule has 132 valence electrons. The van der Waals surface area contributed by atoms with Gasteiger partial charge in [-0.1, -0.05) is 60.7 Å². The van der Waals surface area contributed by atoms with Gasteiger partial charge in [-0.05, 0) is 58.3 Å². The Morgan fingerprint density at radius 1 is 0.393 bits per heavy atom. The molecule has 6 rings (SSSR count). The summed E-state index contributed by atoms with van der Waals surface area (Å²) in [5, 5.41) is 4.97. The first-order chi connectivity index (χ1) is 13.8. The highest BCUT2D eigenvalue weighted by atomic mass is 14.7. The van der Waals surface area contributed by atoms with Gasteiger partial charge in [0.05, 0.1) is 0 Å². The standard InChI is InChI=1S/C26H18N2/c1-3-7-23-18(5-1)15-25(27-23)20-11-9-17-10-12-21(14-22(17)13-20)26-16-19-6-2-4-8-24(19)28-26/h1-16,27-28H. The third-order valence-electron chi connectivity index (χ3n) is 5.52. The molecule has 0 saturated heterocycles. The third-order valence-corrected chi connectivity index (χ3v) is 5.52. The van der Waals surface area contributed by atoms with Crippen molar-refractivity contribution in [2.24, 2.45) is 0 Å². The Bertz CT molecular complexity index is 1290.